The van der Waals surface area contributed by atoms with E-state index >= 15 is 0 Å². The van der Waals surface area contributed by atoms with Gasteiger partial charge >= 0.3 is 11.9 Å². The molecule has 1 aromatic carbocycles. The monoisotopic (exact) mass is 287 g/mol. The maximum Gasteiger partial charge on any atom is 0.335 e. The number of benzene rings is 1. The van der Waals surface area contributed by atoms with E-state index in [4.69, 9.17) is 5.11 Å². The topological polar surface area (TPSA) is 110 Å². The highest BCUT2D eigenvalue weighted by molar-refractivity contribution is 7.89. The summed E-state index contributed by atoms with van der Waals surface area (Å²) in [6.07, 6.45) is 0. The summed E-state index contributed by atoms with van der Waals surface area (Å²) in [5.74, 6) is -1.98. The highest BCUT2D eigenvalue weighted by atomic mass is 32.2. The maximum atomic E-state index is 11.9. The van der Waals surface area contributed by atoms with E-state index in [9.17, 15) is 18.0 Å². The van der Waals surface area contributed by atoms with Crippen LogP contribution in [0.4, 0.5) is 0 Å². The lowest BCUT2D eigenvalue weighted by molar-refractivity contribution is -0.142. The third-order valence-electron chi connectivity index (χ3n) is 2.28. The number of sulfonamides is 1. The zero-order valence-corrected chi connectivity index (χ0v) is 11.1. The van der Waals surface area contributed by atoms with E-state index in [1.54, 1.807) is 0 Å². The first kappa shape index (κ1) is 15.1. The van der Waals surface area contributed by atoms with Crippen molar-refractivity contribution in [1.82, 2.24) is 4.72 Å². The molecule has 0 heterocycles. The number of aromatic carboxylic acids is 1. The van der Waals surface area contributed by atoms with E-state index in [0.29, 0.717) is 0 Å². The van der Waals surface area contributed by atoms with Gasteiger partial charge in [-0.1, -0.05) is 6.07 Å². The molecule has 104 valence electrons. The zero-order chi connectivity index (χ0) is 14.6. The lowest BCUT2D eigenvalue weighted by Gasteiger charge is -2.12. The second-order valence-corrected chi connectivity index (χ2v) is 5.41. The quantitative estimate of drug-likeness (QED) is 0.750. The minimum Gasteiger partial charge on any atom is -0.478 e. The Morgan fingerprint density at radius 1 is 1.37 bits per heavy atom. The molecule has 0 aliphatic heterocycles. The maximum absolute atomic E-state index is 11.9. The van der Waals surface area contributed by atoms with Crippen LogP contribution in [0, 0.1) is 0 Å². The van der Waals surface area contributed by atoms with Crippen molar-refractivity contribution in [2.75, 3.05) is 7.11 Å². The highest BCUT2D eigenvalue weighted by Crippen LogP contribution is 2.12. The molecule has 19 heavy (non-hydrogen) atoms. The average molecular weight is 287 g/mol. The molecule has 0 amide bonds. The fraction of sp³-hybridized carbons (Fsp3) is 0.273. The van der Waals surface area contributed by atoms with Crippen molar-refractivity contribution in [1.29, 1.82) is 0 Å². The molecular weight excluding hydrogens is 274 g/mol. The van der Waals surface area contributed by atoms with Gasteiger partial charge in [-0.15, -0.1) is 0 Å². The summed E-state index contributed by atoms with van der Waals surface area (Å²) >= 11 is 0. The molecule has 0 saturated carbocycles. The van der Waals surface area contributed by atoms with Crippen molar-refractivity contribution in [3.8, 4) is 0 Å². The van der Waals surface area contributed by atoms with Crippen LogP contribution in [-0.4, -0.2) is 38.6 Å². The average Bonchev–Trinajstić information content (AvgIpc) is 2.37. The normalized spacial score (nSPS) is 12.7. The second kappa shape index (κ2) is 5.81. The van der Waals surface area contributed by atoms with Gasteiger partial charge in [-0.3, -0.25) is 4.79 Å². The van der Waals surface area contributed by atoms with Crippen LogP contribution < -0.4 is 4.72 Å². The lowest BCUT2D eigenvalue weighted by atomic mass is 10.2. The van der Waals surface area contributed by atoms with Crippen molar-refractivity contribution in [2.24, 2.45) is 0 Å². The summed E-state index contributed by atoms with van der Waals surface area (Å²) in [5.41, 5.74) is -0.159. The lowest BCUT2D eigenvalue weighted by Crippen LogP contribution is -2.39. The van der Waals surface area contributed by atoms with Crippen LogP contribution in [0.2, 0.25) is 0 Å². The van der Waals surface area contributed by atoms with E-state index in [1.807, 2.05) is 0 Å². The molecule has 8 heteroatoms. The molecule has 1 atom stereocenters. The Balaban J connectivity index is 3.04. The van der Waals surface area contributed by atoms with Crippen LogP contribution in [0.25, 0.3) is 0 Å². The number of carbonyl (C=O) groups is 2. The van der Waals surface area contributed by atoms with Crippen molar-refractivity contribution < 1.29 is 27.9 Å². The van der Waals surface area contributed by atoms with Crippen molar-refractivity contribution in [3.05, 3.63) is 29.8 Å². The summed E-state index contributed by atoms with van der Waals surface area (Å²) < 4.78 is 30.3. The van der Waals surface area contributed by atoms with Crippen LogP contribution in [-0.2, 0) is 19.6 Å². The van der Waals surface area contributed by atoms with Crippen LogP contribution in [0.1, 0.15) is 17.3 Å². The number of ether oxygens (including phenoxy) is 1. The molecule has 0 radical (unpaired) electrons. The first-order chi connectivity index (χ1) is 8.77. The Kier molecular flexibility index (Phi) is 4.62. The number of carboxylic acid groups (broad SMARTS) is 1. The molecule has 0 aromatic heterocycles. The number of carboxylic acids is 1. The van der Waals surface area contributed by atoms with Crippen molar-refractivity contribution >= 4 is 22.0 Å². The van der Waals surface area contributed by atoms with Crippen molar-refractivity contribution in [2.45, 2.75) is 17.9 Å². The summed E-state index contributed by atoms with van der Waals surface area (Å²) in [4.78, 5) is 21.7. The molecule has 0 fully saturated rings. The smallest absolute Gasteiger partial charge is 0.335 e. The molecule has 0 aliphatic rings. The molecule has 1 aromatic rings. The van der Waals surface area contributed by atoms with Gasteiger partial charge in [0.2, 0.25) is 10.0 Å². The standard InChI is InChI=1S/C11H13NO6S/c1-7(11(15)18-2)12-19(16,17)9-5-3-4-8(6-9)10(13)14/h3-7,12H,1-2H3,(H,13,14). The summed E-state index contributed by atoms with van der Waals surface area (Å²) in [7, 11) is -2.85. The van der Waals surface area contributed by atoms with Crippen LogP contribution in [0.3, 0.4) is 0 Å². The zero-order valence-electron chi connectivity index (χ0n) is 10.3. The predicted molar refractivity (Wildman–Crippen MR) is 65.2 cm³/mol. The van der Waals surface area contributed by atoms with E-state index in [1.165, 1.54) is 25.1 Å². The first-order valence-corrected chi connectivity index (χ1v) is 6.70. The molecule has 0 spiro atoms. The number of hydrogen-bond acceptors (Lipinski definition) is 5. The third kappa shape index (κ3) is 3.76. The van der Waals surface area contributed by atoms with Crippen LogP contribution in [0.5, 0.6) is 0 Å². The Morgan fingerprint density at radius 2 is 2.00 bits per heavy atom. The number of rotatable bonds is 5. The minimum absolute atomic E-state index is 0.159. The fourth-order valence-corrected chi connectivity index (χ4v) is 2.56. The van der Waals surface area contributed by atoms with Gasteiger partial charge in [0.05, 0.1) is 17.6 Å². The molecule has 1 unspecified atom stereocenters. The van der Waals surface area contributed by atoms with Gasteiger partial charge < -0.3 is 9.84 Å². The Morgan fingerprint density at radius 3 is 2.53 bits per heavy atom. The number of esters is 1. The Bertz CT molecular complexity index is 595. The molecule has 7 nitrogen and oxygen atoms in total. The predicted octanol–water partition coefficient (Wildman–Crippen LogP) is 0.225. The number of carbonyl (C=O) groups excluding carboxylic acids is 1. The van der Waals surface area contributed by atoms with Gasteiger partial charge in [-0.25, -0.2) is 13.2 Å². The van der Waals surface area contributed by atoms with Gasteiger partial charge in [0.1, 0.15) is 6.04 Å². The Labute approximate surface area is 110 Å². The minimum atomic E-state index is -3.98. The van der Waals surface area contributed by atoms with Gasteiger partial charge in [0.15, 0.2) is 0 Å². The van der Waals surface area contributed by atoms with Gasteiger partial charge in [0.25, 0.3) is 0 Å². The number of nitrogens with one attached hydrogen (secondary N) is 1. The summed E-state index contributed by atoms with van der Waals surface area (Å²) in [5, 5.41) is 8.79. The molecule has 0 saturated heterocycles. The largest absolute Gasteiger partial charge is 0.478 e. The summed E-state index contributed by atoms with van der Waals surface area (Å²) in [6.45, 7) is 1.32. The number of methoxy groups -OCH3 is 1. The van der Waals surface area contributed by atoms with Crippen LogP contribution >= 0.6 is 0 Å². The molecule has 1 rings (SSSR count). The van der Waals surface area contributed by atoms with E-state index in [2.05, 4.69) is 9.46 Å². The molecule has 2 N–H and O–H groups in total. The first-order valence-electron chi connectivity index (χ1n) is 5.21. The van der Waals surface area contributed by atoms with Crippen molar-refractivity contribution in [3.63, 3.8) is 0 Å². The molecular formula is C11H13NO6S. The molecule has 0 bridgehead atoms. The third-order valence-corrected chi connectivity index (χ3v) is 3.82. The number of hydrogen-bond donors (Lipinski definition) is 2. The van der Waals surface area contributed by atoms with Gasteiger partial charge in [-0.05, 0) is 25.1 Å². The summed E-state index contributed by atoms with van der Waals surface area (Å²) in [6, 6.07) is 3.75. The fourth-order valence-electron chi connectivity index (χ4n) is 1.32. The van der Waals surface area contributed by atoms with Gasteiger partial charge in [-0.2, -0.15) is 4.72 Å². The molecule has 0 aliphatic carbocycles. The second-order valence-electron chi connectivity index (χ2n) is 3.70. The van der Waals surface area contributed by atoms with E-state index in [-0.39, 0.29) is 10.5 Å². The van der Waals surface area contributed by atoms with Crippen LogP contribution in [0.15, 0.2) is 29.2 Å². The van der Waals surface area contributed by atoms with Gasteiger partial charge in [0, 0.05) is 0 Å². The van der Waals surface area contributed by atoms with E-state index in [0.717, 1.165) is 13.2 Å². The Hall–Kier alpha value is -1.93. The highest BCUT2D eigenvalue weighted by Gasteiger charge is 2.23. The van der Waals surface area contributed by atoms with E-state index < -0.39 is 28.0 Å². The SMILES string of the molecule is COC(=O)C(C)NS(=O)(=O)c1cccc(C(=O)O)c1.